The Morgan fingerprint density at radius 3 is 2.80 bits per heavy atom. The molecule has 0 aliphatic rings. The Morgan fingerprint density at radius 1 is 1.80 bits per heavy atom. The van der Waals surface area contributed by atoms with Crippen molar-refractivity contribution >= 4 is 5.97 Å². The monoisotopic (exact) mass is 140 g/mol. The van der Waals surface area contributed by atoms with Crippen molar-refractivity contribution in [2.75, 3.05) is 6.61 Å². The van der Waals surface area contributed by atoms with Crippen LogP contribution >= 0.6 is 0 Å². The summed E-state index contributed by atoms with van der Waals surface area (Å²) >= 11 is 0. The van der Waals surface area contributed by atoms with Crippen LogP contribution in [0.1, 0.15) is 20.3 Å². The van der Waals surface area contributed by atoms with Crippen LogP contribution in [0.3, 0.4) is 0 Å². The third-order valence-corrected chi connectivity index (χ3v) is 1.07. The molecule has 0 rings (SSSR count). The molecule has 2 heteroatoms. The van der Waals surface area contributed by atoms with Crippen molar-refractivity contribution in [2.45, 2.75) is 20.3 Å². The van der Waals surface area contributed by atoms with Crippen LogP contribution in [-0.4, -0.2) is 12.6 Å². The standard InChI is InChI=1S/C8H12O2/c1-4-7(3)6-10-8(9)5-2/h1,7H,5-6H2,2-3H3. The van der Waals surface area contributed by atoms with Crippen molar-refractivity contribution in [3.63, 3.8) is 0 Å². The second-order valence-electron chi connectivity index (χ2n) is 2.10. The molecular formula is C8H12O2. The molecule has 0 spiro atoms. The lowest BCUT2D eigenvalue weighted by Crippen LogP contribution is -2.09. The average molecular weight is 140 g/mol. The van der Waals surface area contributed by atoms with Gasteiger partial charge >= 0.3 is 5.97 Å². The van der Waals surface area contributed by atoms with E-state index in [1.165, 1.54) is 0 Å². The minimum Gasteiger partial charge on any atom is -0.464 e. The van der Waals surface area contributed by atoms with Gasteiger partial charge in [0, 0.05) is 6.42 Å². The molecule has 0 aromatic heterocycles. The van der Waals surface area contributed by atoms with E-state index in [-0.39, 0.29) is 11.9 Å². The van der Waals surface area contributed by atoms with Crippen LogP contribution in [0.4, 0.5) is 0 Å². The smallest absolute Gasteiger partial charge is 0.305 e. The number of carbonyl (C=O) groups excluding carboxylic acids is 1. The van der Waals surface area contributed by atoms with Gasteiger partial charge in [0.25, 0.3) is 0 Å². The number of ether oxygens (including phenoxy) is 1. The zero-order chi connectivity index (χ0) is 7.98. The van der Waals surface area contributed by atoms with Gasteiger partial charge in [-0.3, -0.25) is 4.79 Å². The quantitative estimate of drug-likeness (QED) is 0.435. The largest absolute Gasteiger partial charge is 0.464 e. The van der Waals surface area contributed by atoms with Crippen LogP contribution in [0.5, 0.6) is 0 Å². The first-order valence-electron chi connectivity index (χ1n) is 3.32. The maximum atomic E-state index is 10.5. The summed E-state index contributed by atoms with van der Waals surface area (Å²) in [5.74, 6) is 2.30. The van der Waals surface area contributed by atoms with Gasteiger partial charge in [-0.25, -0.2) is 0 Å². The topological polar surface area (TPSA) is 26.3 Å². The highest BCUT2D eigenvalue weighted by Crippen LogP contribution is 1.94. The molecule has 1 unspecified atom stereocenters. The van der Waals surface area contributed by atoms with E-state index in [2.05, 4.69) is 5.92 Å². The Morgan fingerprint density at radius 2 is 2.40 bits per heavy atom. The Labute approximate surface area is 61.6 Å². The van der Waals surface area contributed by atoms with E-state index in [9.17, 15) is 4.79 Å². The summed E-state index contributed by atoms with van der Waals surface area (Å²) in [4.78, 5) is 10.5. The number of hydrogen-bond donors (Lipinski definition) is 0. The van der Waals surface area contributed by atoms with Crippen molar-refractivity contribution in [1.29, 1.82) is 0 Å². The van der Waals surface area contributed by atoms with Crippen molar-refractivity contribution in [3.8, 4) is 12.3 Å². The van der Waals surface area contributed by atoms with Gasteiger partial charge in [0.15, 0.2) is 0 Å². The fourth-order valence-corrected chi connectivity index (χ4v) is 0.368. The van der Waals surface area contributed by atoms with Gasteiger partial charge < -0.3 is 4.74 Å². The molecule has 56 valence electrons. The minimum absolute atomic E-state index is 0.0236. The summed E-state index contributed by atoms with van der Waals surface area (Å²) in [7, 11) is 0. The zero-order valence-electron chi connectivity index (χ0n) is 6.39. The second kappa shape index (κ2) is 4.87. The lowest BCUT2D eigenvalue weighted by molar-refractivity contribution is -0.143. The summed E-state index contributed by atoms with van der Waals surface area (Å²) in [6.07, 6.45) is 5.47. The van der Waals surface area contributed by atoms with E-state index in [4.69, 9.17) is 11.2 Å². The molecule has 0 saturated heterocycles. The number of terminal acetylenes is 1. The highest BCUT2D eigenvalue weighted by atomic mass is 16.5. The van der Waals surface area contributed by atoms with Gasteiger partial charge in [-0.2, -0.15) is 0 Å². The van der Waals surface area contributed by atoms with E-state index in [1.54, 1.807) is 6.92 Å². The molecule has 0 radical (unpaired) electrons. The van der Waals surface area contributed by atoms with E-state index >= 15 is 0 Å². The predicted octanol–water partition coefficient (Wildman–Crippen LogP) is 1.21. The summed E-state index contributed by atoms with van der Waals surface area (Å²) in [5.41, 5.74) is 0. The first-order chi connectivity index (χ1) is 4.70. The summed E-state index contributed by atoms with van der Waals surface area (Å²) in [6.45, 7) is 3.93. The lowest BCUT2D eigenvalue weighted by Gasteiger charge is -2.03. The third-order valence-electron chi connectivity index (χ3n) is 1.07. The number of rotatable bonds is 3. The highest BCUT2D eigenvalue weighted by molar-refractivity contribution is 5.68. The van der Waals surface area contributed by atoms with E-state index in [1.807, 2.05) is 6.92 Å². The van der Waals surface area contributed by atoms with Gasteiger partial charge in [0.05, 0.1) is 5.92 Å². The van der Waals surface area contributed by atoms with Gasteiger partial charge in [0.2, 0.25) is 0 Å². The summed E-state index contributed by atoms with van der Waals surface area (Å²) in [5, 5.41) is 0. The second-order valence-corrected chi connectivity index (χ2v) is 2.10. The SMILES string of the molecule is C#CC(C)COC(=O)CC. The van der Waals surface area contributed by atoms with E-state index in [0.717, 1.165) is 0 Å². The summed E-state index contributed by atoms with van der Waals surface area (Å²) < 4.78 is 4.76. The molecule has 0 aliphatic heterocycles. The Kier molecular flexibility index (Phi) is 4.39. The van der Waals surface area contributed by atoms with Crippen molar-refractivity contribution in [3.05, 3.63) is 0 Å². The normalized spacial score (nSPS) is 11.7. The van der Waals surface area contributed by atoms with Gasteiger partial charge in [0.1, 0.15) is 6.61 Å². The molecule has 0 aliphatic carbocycles. The van der Waals surface area contributed by atoms with E-state index in [0.29, 0.717) is 13.0 Å². The fraction of sp³-hybridized carbons (Fsp3) is 0.625. The molecule has 10 heavy (non-hydrogen) atoms. The molecule has 0 N–H and O–H groups in total. The zero-order valence-corrected chi connectivity index (χ0v) is 6.39. The molecular weight excluding hydrogens is 128 g/mol. The molecule has 0 aromatic carbocycles. The Bertz CT molecular complexity index is 144. The Balaban J connectivity index is 3.37. The summed E-state index contributed by atoms with van der Waals surface area (Å²) in [6, 6.07) is 0. The van der Waals surface area contributed by atoms with Crippen LogP contribution in [0.15, 0.2) is 0 Å². The highest BCUT2D eigenvalue weighted by Gasteiger charge is 2.00. The fourth-order valence-electron chi connectivity index (χ4n) is 0.368. The molecule has 0 fully saturated rings. The van der Waals surface area contributed by atoms with Crippen LogP contribution < -0.4 is 0 Å². The van der Waals surface area contributed by atoms with Crippen molar-refractivity contribution in [1.82, 2.24) is 0 Å². The van der Waals surface area contributed by atoms with Gasteiger partial charge in [-0.05, 0) is 6.92 Å². The maximum Gasteiger partial charge on any atom is 0.305 e. The first-order valence-corrected chi connectivity index (χ1v) is 3.32. The molecule has 0 bridgehead atoms. The minimum atomic E-state index is -0.192. The molecule has 2 nitrogen and oxygen atoms in total. The van der Waals surface area contributed by atoms with Crippen LogP contribution in [0.25, 0.3) is 0 Å². The number of carbonyl (C=O) groups is 1. The maximum absolute atomic E-state index is 10.5. The molecule has 0 saturated carbocycles. The van der Waals surface area contributed by atoms with Crippen molar-refractivity contribution in [2.24, 2.45) is 5.92 Å². The van der Waals surface area contributed by atoms with Crippen LogP contribution in [0.2, 0.25) is 0 Å². The van der Waals surface area contributed by atoms with Gasteiger partial charge in [-0.15, -0.1) is 12.3 Å². The Hall–Kier alpha value is -0.970. The number of hydrogen-bond acceptors (Lipinski definition) is 2. The first kappa shape index (κ1) is 9.03. The molecule has 0 heterocycles. The third kappa shape index (κ3) is 3.96. The lowest BCUT2D eigenvalue weighted by atomic mass is 10.2. The predicted molar refractivity (Wildman–Crippen MR) is 39.2 cm³/mol. The van der Waals surface area contributed by atoms with Crippen LogP contribution in [-0.2, 0) is 9.53 Å². The average Bonchev–Trinajstić information content (AvgIpc) is 1.99. The number of esters is 1. The molecule has 0 amide bonds. The van der Waals surface area contributed by atoms with Crippen molar-refractivity contribution < 1.29 is 9.53 Å². The van der Waals surface area contributed by atoms with Crippen LogP contribution in [0, 0.1) is 18.3 Å². The molecule has 0 aromatic rings. The van der Waals surface area contributed by atoms with Gasteiger partial charge in [-0.1, -0.05) is 6.92 Å². The van der Waals surface area contributed by atoms with E-state index < -0.39 is 0 Å². The molecule has 1 atom stereocenters.